The molecular formula is C14H16O4. The minimum absolute atomic E-state index is 0.0349. The molecule has 4 nitrogen and oxygen atoms in total. The van der Waals surface area contributed by atoms with Gasteiger partial charge in [-0.05, 0) is 0 Å². The minimum Gasteiger partial charge on any atom is -0.493 e. The third kappa shape index (κ3) is 3.52. The topological polar surface area (TPSA) is 60.4 Å². The van der Waals surface area contributed by atoms with Crippen LogP contribution in [0.15, 0.2) is 35.6 Å². The van der Waals surface area contributed by atoms with Gasteiger partial charge in [-0.15, -0.1) is 0 Å². The Morgan fingerprint density at radius 3 is 2.50 bits per heavy atom. The first-order valence-electron chi connectivity index (χ1n) is 5.71. The van der Waals surface area contributed by atoms with Gasteiger partial charge in [0.05, 0.1) is 7.11 Å². The van der Waals surface area contributed by atoms with E-state index in [1.807, 2.05) is 13.8 Å². The van der Waals surface area contributed by atoms with E-state index in [9.17, 15) is 14.4 Å². The van der Waals surface area contributed by atoms with E-state index in [0.717, 1.165) is 6.08 Å². The van der Waals surface area contributed by atoms with Crippen LogP contribution in [-0.2, 0) is 19.1 Å². The summed E-state index contributed by atoms with van der Waals surface area (Å²) in [5.41, 5.74) is 0.275. The number of carbonyl (C=O) groups excluding carboxylic acids is 3. The summed E-state index contributed by atoms with van der Waals surface area (Å²) in [5, 5.41) is 0. The maximum atomic E-state index is 11.6. The highest BCUT2D eigenvalue weighted by Gasteiger charge is 2.18. The van der Waals surface area contributed by atoms with Crippen LogP contribution in [-0.4, -0.2) is 24.5 Å². The summed E-state index contributed by atoms with van der Waals surface area (Å²) in [5.74, 6) is -0.538. The zero-order chi connectivity index (χ0) is 13.7. The van der Waals surface area contributed by atoms with Gasteiger partial charge in [-0.3, -0.25) is 14.4 Å². The van der Waals surface area contributed by atoms with Crippen LogP contribution in [0.25, 0.3) is 0 Å². The first-order chi connectivity index (χ1) is 8.45. The predicted octanol–water partition coefficient (Wildman–Crippen LogP) is 1.77. The maximum absolute atomic E-state index is 11.6. The normalized spacial score (nSPS) is 16.0. The number of hydrogen-bond donors (Lipinski definition) is 0. The molecule has 0 atom stereocenters. The molecular weight excluding hydrogens is 232 g/mol. The Morgan fingerprint density at radius 2 is 1.94 bits per heavy atom. The molecule has 1 aliphatic carbocycles. The van der Waals surface area contributed by atoms with E-state index >= 15 is 0 Å². The average Bonchev–Trinajstić information content (AvgIpc) is 2.32. The van der Waals surface area contributed by atoms with Crippen molar-refractivity contribution in [1.82, 2.24) is 0 Å². The first kappa shape index (κ1) is 14.1. The van der Waals surface area contributed by atoms with Gasteiger partial charge in [-0.25, -0.2) is 0 Å². The number of ketones is 3. The summed E-state index contributed by atoms with van der Waals surface area (Å²) in [7, 11) is 1.34. The van der Waals surface area contributed by atoms with Crippen molar-refractivity contribution >= 4 is 17.3 Å². The molecule has 0 aromatic rings. The lowest BCUT2D eigenvalue weighted by molar-refractivity contribution is -0.121. The van der Waals surface area contributed by atoms with Gasteiger partial charge in [-0.1, -0.05) is 26.0 Å². The quantitative estimate of drug-likeness (QED) is 0.696. The fourth-order valence-electron chi connectivity index (χ4n) is 1.38. The largest absolute Gasteiger partial charge is 0.493 e. The van der Waals surface area contributed by atoms with Gasteiger partial charge >= 0.3 is 0 Å². The molecule has 96 valence electrons. The molecule has 0 aliphatic heterocycles. The van der Waals surface area contributed by atoms with Gasteiger partial charge in [0.1, 0.15) is 5.78 Å². The summed E-state index contributed by atoms with van der Waals surface area (Å²) in [6.45, 7) is 3.64. The van der Waals surface area contributed by atoms with Crippen molar-refractivity contribution < 1.29 is 19.1 Å². The summed E-state index contributed by atoms with van der Waals surface area (Å²) < 4.78 is 4.76. The minimum atomic E-state index is -0.341. The van der Waals surface area contributed by atoms with Crippen LogP contribution < -0.4 is 0 Å². The molecule has 0 saturated heterocycles. The lowest BCUT2D eigenvalue weighted by atomic mass is 10.0. The van der Waals surface area contributed by atoms with Gasteiger partial charge in [0, 0.05) is 30.1 Å². The molecule has 0 unspecified atom stereocenters. The lowest BCUT2D eigenvalue weighted by Gasteiger charge is -2.08. The average molecular weight is 248 g/mol. The third-order valence-corrected chi connectivity index (χ3v) is 2.56. The van der Waals surface area contributed by atoms with Crippen LogP contribution >= 0.6 is 0 Å². The molecule has 0 bridgehead atoms. The fourth-order valence-corrected chi connectivity index (χ4v) is 1.38. The number of hydrogen-bond acceptors (Lipinski definition) is 4. The number of Topliss-reactive ketones (excluding diaryl/α,β-unsaturated/α-hetero) is 1. The third-order valence-electron chi connectivity index (χ3n) is 2.56. The van der Waals surface area contributed by atoms with E-state index in [1.54, 1.807) is 6.08 Å². The van der Waals surface area contributed by atoms with Gasteiger partial charge in [0.25, 0.3) is 0 Å². The Labute approximate surface area is 106 Å². The van der Waals surface area contributed by atoms with E-state index in [4.69, 9.17) is 4.74 Å². The van der Waals surface area contributed by atoms with Crippen molar-refractivity contribution in [3.05, 3.63) is 35.6 Å². The van der Waals surface area contributed by atoms with Crippen LogP contribution in [0.2, 0.25) is 0 Å². The Bertz CT molecular complexity index is 464. The van der Waals surface area contributed by atoms with Crippen LogP contribution in [0.5, 0.6) is 0 Å². The van der Waals surface area contributed by atoms with Crippen molar-refractivity contribution in [3.63, 3.8) is 0 Å². The summed E-state index contributed by atoms with van der Waals surface area (Å²) in [4.78, 5) is 34.4. The van der Waals surface area contributed by atoms with Crippen LogP contribution in [0.4, 0.5) is 0 Å². The van der Waals surface area contributed by atoms with E-state index in [1.165, 1.54) is 19.3 Å². The molecule has 1 rings (SSSR count). The highest BCUT2D eigenvalue weighted by molar-refractivity contribution is 6.20. The molecule has 4 heteroatoms. The summed E-state index contributed by atoms with van der Waals surface area (Å²) >= 11 is 0. The molecule has 0 fully saturated rings. The Hall–Kier alpha value is -1.97. The SMILES string of the molecule is COC1=CC(=O)C(/C=C\CC(=O)C(C)C)=CC1=O. The smallest absolute Gasteiger partial charge is 0.221 e. The Kier molecular flexibility index (Phi) is 4.77. The molecule has 18 heavy (non-hydrogen) atoms. The highest BCUT2D eigenvalue weighted by Crippen LogP contribution is 2.13. The van der Waals surface area contributed by atoms with Gasteiger partial charge in [-0.2, -0.15) is 0 Å². The van der Waals surface area contributed by atoms with E-state index in [-0.39, 0.29) is 41.0 Å². The Morgan fingerprint density at radius 1 is 1.28 bits per heavy atom. The van der Waals surface area contributed by atoms with E-state index in [2.05, 4.69) is 0 Å². The maximum Gasteiger partial charge on any atom is 0.221 e. The second kappa shape index (κ2) is 6.10. The number of ether oxygens (including phenoxy) is 1. The van der Waals surface area contributed by atoms with Crippen molar-refractivity contribution in [2.45, 2.75) is 20.3 Å². The van der Waals surface area contributed by atoms with Gasteiger partial charge in [0.2, 0.25) is 5.78 Å². The molecule has 0 amide bonds. The molecule has 0 radical (unpaired) electrons. The molecule has 0 aromatic carbocycles. The summed E-state index contributed by atoms with van der Waals surface area (Å²) in [6, 6.07) is 0. The van der Waals surface area contributed by atoms with Crippen molar-refractivity contribution in [3.8, 4) is 0 Å². The zero-order valence-corrected chi connectivity index (χ0v) is 10.7. The van der Waals surface area contributed by atoms with Crippen molar-refractivity contribution in [2.75, 3.05) is 7.11 Å². The molecule has 0 saturated carbocycles. The molecule has 0 N–H and O–H groups in total. The molecule has 0 heterocycles. The Balaban J connectivity index is 2.70. The number of rotatable bonds is 5. The van der Waals surface area contributed by atoms with Crippen LogP contribution in [0, 0.1) is 5.92 Å². The van der Waals surface area contributed by atoms with Gasteiger partial charge < -0.3 is 4.74 Å². The summed E-state index contributed by atoms with van der Waals surface area (Å²) in [6.07, 6.45) is 5.75. The molecule has 1 aliphatic rings. The van der Waals surface area contributed by atoms with E-state index < -0.39 is 0 Å². The van der Waals surface area contributed by atoms with Gasteiger partial charge in [0.15, 0.2) is 11.5 Å². The second-order valence-corrected chi connectivity index (χ2v) is 4.27. The van der Waals surface area contributed by atoms with Crippen molar-refractivity contribution in [1.29, 1.82) is 0 Å². The van der Waals surface area contributed by atoms with E-state index in [0.29, 0.717) is 0 Å². The lowest BCUT2D eigenvalue weighted by Crippen LogP contribution is -2.13. The first-order valence-corrected chi connectivity index (χ1v) is 5.71. The van der Waals surface area contributed by atoms with Crippen LogP contribution in [0.3, 0.4) is 0 Å². The number of carbonyl (C=O) groups is 3. The molecule has 0 aromatic heterocycles. The highest BCUT2D eigenvalue weighted by atomic mass is 16.5. The van der Waals surface area contributed by atoms with Crippen molar-refractivity contribution in [2.24, 2.45) is 5.92 Å². The molecule has 0 spiro atoms. The fraction of sp³-hybridized carbons (Fsp3) is 0.357. The predicted molar refractivity (Wildman–Crippen MR) is 66.8 cm³/mol. The second-order valence-electron chi connectivity index (χ2n) is 4.27. The standard InChI is InChI=1S/C14H16O4/c1-9(2)11(15)6-4-5-10-7-13(17)14(18-3)8-12(10)16/h4-5,7-9H,6H2,1-3H3/b5-4-. The monoisotopic (exact) mass is 248 g/mol. The zero-order valence-electron chi connectivity index (χ0n) is 10.7. The number of allylic oxidation sites excluding steroid dienone is 5. The number of methoxy groups -OCH3 is 1. The van der Waals surface area contributed by atoms with Crippen LogP contribution in [0.1, 0.15) is 20.3 Å².